The van der Waals surface area contributed by atoms with Crippen LogP contribution in [-0.2, 0) is 4.74 Å². The molecule has 0 aromatic rings. The molecule has 1 unspecified atom stereocenters. The van der Waals surface area contributed by atoms with E-state index in [4.69, 9.17) is 10.5 Å². The molecule has 4 nitrogen and oxygen atoms in total. The predicted octanol–water partition coefficient (Wildman–Crippen LogP) is 2.18. The van der Waals surface area contributed by atoms with Crippen molar-refractivity contribution in [2.24, 2.45) is 5.73 Å². The molecule has 0 aliphatic heterocycles. The Bertz CT molecular complexity index is 230. The lowest BCUT2D eigenvalue weighted by Crippen LogP contribution is -2.46. The highest BCUT2D eigenvalue weighted by Gasteiger charge is 2.25. The minimum atomic E-state index is -0.101. The Balaban J connectivity index is 4.32. The molecule has 0 radical (unpaired) electrons. The van der Waals surface area contributed by atoms with Gasteiger partial charge in [0.1, 0.15) is 0 Å². The normalized spacial score (nSPS) is 14.2. The van der Waals surface area contributed by atoms with Crippen molar-refractivity contribution in [1.29, 1.82) is 0 Å². The van der Waals surface area contributed by atoms with Gasteiger partial charge in [0.2, 0.25) is 0 Å². The quantitative estimate of drug-likeness (QED) is 0.597. The number of nitrogens with two attached hydrogens (primary N) is 1. The highest BCUT2D eigenvalue weighted by Crippen LogP contribution is 2.19. The Morgan fingerprint density at radius 3 is 2.05 bits per heavy atom. The number of rotatable bonds is 12. The summed E-state index contributed by atoms with van der Waals surface area (Å²) in [4.78, 5) is 4.98. The molecule has 1 atom stereocenters. The molecular formula is C16H37N3O. The third kappa shape index (κ3) is 7.58. The Hall–Kier alpha value is -0.160. The van der Waals surface area contributed by atoms with Crippen LogP contribution < -0.4 is 5.73 Å². The van der Waals surface area contributed by atoms with Crippen LogP contribution in [0.5, 0.6) is 0 Å². The molecule has 0 bridgehead atoms. The first-order valence-electron chi connectivity index (χ1n) is 8.15. The lowest BCUT2D eigenvalue weighted by molar-refractivity contribution is -0.00739. The first-order valence-corrected chi connectivity index (χ1v) is 8.15. The molecule has 0 spiro atoms. The Morgan fingerprint density at radius 1 is 1.05 bits per heavy atom. The average molecular weight is 287 g/mol. The van der Waals surface area contributed by atoms with Gasteiger partial charge in [0.15, 0.2) is 0 Å². The summed E-state index contributed by atoms with van der Waals surface area (Å²) in [5, 5.41) is 0. The number of methoxy groups -OCH3 is 1. The minimum absolute atomic E-state index is 0.101. The van der Waals surface area contributed by atoms with Crippen molar-refractivity contribution in [3.8, 4) is 0 Å². The average Bonchev–Trinajstić information content (AvgIpc) is 2.45. The van der Waals surface area contributed by atoms with Gasteiger partial charge in [-0.2, -0.15) is 0 Å². The zero-order valence-corrected chi connectivity index (χ0v) is 14.6. The molecule has 2 N–H and O–H groups in total. The van der Waals surface area contributed by atoms with Gasteiger partial charge in [0.05, 0.1) is 5.60 Å². The zero-order valence-electron chi connectivity index (χ0n) is 14.6. The van der Waals surface area contributed by atoms with Crippen LogP contribution in [0.15, 0.2) is 0 Å². The van der Waals surface area contributed by atoms with E-state index in [0.717, 1.165) is 32.6 Å². The summed E-state index contributed by atoms with van der Waals surface area (Å²) in [6, 6.07) is 0.409. The predicted molar refractivity (Wildman–Crippen MR) is 88.2 cm³/mol. The second-order valence-corrected chi connectivity index (χ2v) is 6.07. The smallest absolute Gasteiger partial charge is 0.0638 e. The summed E-state index contributed by atoms with van der Waals surface area (Å²) in [5.74, 6) is 0. The van der Waals surface area contributed by atoms with E-state index in [2.05, 4.69) is 44.4 Å². The summed E-state index contributed by atoms with van der Waals surface area (Å²) in [6.45, 7) is 17.3. The standard InChI is InChI=1S/C16H37N3O/c1-7-18(8-2)11-10-12-19(9-3)15(14-17)13-16(4,5)20-6/h15H,7-14,17H2,1-6H3. The monoisotopic (exact) mass is 287 g/mol. The van der Waals surface area contributed by atoms with Gasteiger partial charge < -0.3 is 15.4 Å². The first-order chi connectivity index (χ1) is 9.43. The topological polar surface area (TPSA) is 41.7 Å². The molecule has 20 heavy (non-hydrogen) atoms. The van der Waals surface area contributed by atoms with Crippen LogP contribution in [0.25, 0.3) is 0 Å². The Morgan fingerprint density at radius 2 is 1.65 bits per heavy atom. The van der Waals surface area contributed by atoms with E-state index in [-0.39, 0.29) is 5.60 Å². The van der Waals surface area contributed by atoms with Crippen molar-refractivity contribution < 1.29 is 4.74 Å². The van der Waals surface area contributed by atoms with Gasteiger partial charge in [0, 0.05) is 19.7 Å². The van der Waals surface area contributed by atoms with Gasteiger partial charge >= 0.3 is 0 Å². The third-order valence-corrected chi connectivity index (χ3v) is 4.29. The Kier molecular flexibility index (Phi) is 10.5. The van der Waals surface area contributed by atoms with E-state index in [0.29, 0.717) is 12.6 Å². The van der Waals surface area contributed by atoms with Crippen LogP contribution in [0.4, 0.5) is 0 Å². The molecule has 4 heteroatoms. The third-order valence-electron chi connectivity index (χ3n) is 4.29. The highest BCUT2D eigenvalue weighted by molar-refractivity contribution is 4.81. The van der Waals surface area contributed by atoms with Gasteiger partial charge in [-0.1, -0.05) is 20.8 Å². The molecule has 0 aromatic heterocycles. The van der Waals surface area contributed by atoms with Crippen LogP contribution in [-0.4, -0.2) is 67.8 Å². The van der Waals surface area contributed by atoms with Crippen molar-refractivity contribution in [2.75, 3.05) is 46.4 Å². The number of ether oxygens (including phenoxy) is 1. The maximum atomic E-state index is 5.99. The maximum absolute atomic E-state index is 5.99. The van der Waals surface area contributed by atoms with Gasteiger partial charge in [-0.25, -0.2) is 0 Å². The van der Waals surface area contributed by atoms with Crippen LogP contribution in [0.1, 0.15) is 47.5 Å². The van der Waals surface area contributed by atoms with E-state index in [1.165, 1.54) is 13.0 Å². The van der Waals surface area contributed by atoms with E-state index in [1.807, 2.05) is 0 Å². The van der Waals surface area contributed by atoms with Gasteiger partial charge in [-0.15, -0.1) is 0 Å². The molecule has 122 valence electrons. The van der Waals surface area contributed by atoms with Crippen LogP contribution in [0, 0.1) is 0 Å². The molecule has 0 aliphatic carbocycles. The van der Waals surface area contributed by atoms with Crippen molar-refractivity contribution >= 4 is 0 Å². The fraction of sp³-hybridized carbons (Fsp3) is 1.00. The molecule has 0 saturated carbocycles. The van der Waals surface area contributed by atoms with E-state index in [1.54, 1.807) is 7.11 Å². The van der Waals surface area contributed by atoms with Crippen LogP contribution in [0.3, 0.4) is 0 Å². The molecule has 0 heterocycles. The lowest BCUT2D eigenvalue weighted by Gasteiger charge is -2.35. The lowest BCUT2D eigenvalue weighted by atomic mass is 9.97. The maximum Gasteiger partial charge on any atom is 0.0638 e. The molecule has 0 saturated heterocycles. The largest absolute Gasteiger partial charge is 0.379 e. The van der Waals surface area contributed by atoms with E-state index < -0.39 is 0 Å². The fourth-order valence-corrected chi connectivity index (χ4v) is 2.65. The van der Waals surface area contributed by atoms with Gasteiger partial charge in [-0.3, -0.25) is 4.90 Å². The van der Waals surface area contributed by atoms with Crippen LogP contribution >= 0.6 is 0 Å². The number of hydrogen-bond donors (Lipinski definition) is 1. The summed E-state index contributed by atoms with van der Waals surface area (Å²) in [7, 11) is 1.78. The molecule has 0 fully saturated rings. The van der Waals surface area contributed by atoms with Crippen LogP contribution in [0.2, 0.25) is 0 Å². The number of nitrogens with zero attached hydrogens (tertiary/aromatic N) is 2. The summed E-state index contributed by atoms with van der Waals surface area (Å²) >= 11 is 0. The van der Waals surface area contributed by atoms with Crippen molar-refractivity contribution in [1.82, 2.24) is 9.80 Å². The second kappa shape index (κ2) is 10.6. The summed E-state index contributed by atoms with van der Waals surface area (Å²) in [6.07, 6.45) is 2.19. The number of hydrogen-bond acceptors (Lipinski definition) is 4. The second-order valence-electron chi connectivity index (χ2n) is 6.07. The van der Waals surface area contributed by atoms with Crippen molar-refractivity contribution in [3.05, 3.63) is 0 Å². The van der Waals surface area contributed by atoms with Gasteiger partial charge in [-0.05, 0) is 59.4 Å². The van der Waals surface area contributed by atoms with Gasteiger partial charge in [0.25, 0.3) is 0 Å². The number of likely N-dealkylation sites (N-methyl/N-ethyl adjacent to an activating group) is 1. The fourth-order valence-electron chi connectivity index (χ4n) is 2.65. The molecule has 0 aliphatic rings. The summed E-state index contributed by atoms with van der Waals surface area (Å²) < 4.78 is 5.55. The van der Waals surface area contributed by atoms with Crippen molar-refractivity contribution in [3.63, 3.8) is 0 Å². The molecule has 0 rings (SSSR count). The molecule has 0 amide bonds. The molecule has 0 aromatic carbocycles. The van der Waals surface area contributed by atoms with Crippen molar-refractivity contribution in [2.45, 2.75) is 59.1 Å². The molecular weight excluding hydrogens is 250 g/mol. The SMILES string of the molecule is CCN(CC)CCCN(CC)C(CN)CC(C)(C)OC. The van der Waals surface area contributed by atoms with E-state index in [9.17, 15) is 0 Å². The Labute approximate surface area is 126 Å². The highest BCUT2D eigenvalue weighted by atomic mass is 16.5. The summed E-state index contributed by atoms with van der Waals surface area (Å²) in [5.41, 5.74) is 5.89. The zero-order chi connectivity index (χ0) is 15.6. The minimum Gasteiger partial charge on any atom is -0.379 e. The van der Waals surface area contributed by atoms with E-state index >= 15 is 0 Å². The first kappa shape index (κ1) is 19.8.